The lowest BCUT2D eigenvalue weighted by atomic mass is 10.5. The summed E-state index contributed by atoms with van der Waals surface area (Å²) in [6.45, 7) is 0. The lowest BCUT2D eigenvalue weighted by Gasteiger charge is -1.78. The first-order chi connectivity index (χ1) is 4.36. The molecule has 1 fully saturated rings. The van der Waals surface area contributed by atoms with Crippen LogP contribution in [0.3, 0.4) is 0 Å². The molecule has 0 radical (unpaired) electrons. The molecule has 1 N–H and O–H groups in total. The summed E-state index contributed by atoms with van der Waals surface area (Å²) >= 11 is 6.49. The molecule has 1 aromatic heterocycles. The fraction of sp³-hybridized carbons (Fsp3) is 0.600. The molecule has 2 nitrogen and oxygen atoms in total. The molecule has 1 aromatic rings. The number of nitrogens with one attached hydrogen (secondary N) is 1. The Labute approximate surface area is 61.9 Å². The van der Waals surface area contributed by atoms with Crippen molar-refractivity contribution in [2.75, 3.05) is 0 Å². The summed E-state index contributed by atoms with van der Waals surface area (Å²) < 4.78 is 0.803. The van der Waals surface area contributed by atoms with Crippen molar-refractivity contribution in [3.05, 3.63) is 8.96 Å². The highest BCUT2D eigenvalue weighted by molar-refractivity contribution is 7.73. The first-order valence-corrected chi connectivity index (χ1v) is 4.14. The molecule has 4 heteroatoms. The fourth-order valence-corrected chi connectivity index (χ4v) is 1.82. The Morgan fingerprint density at radius 3 is 2.89 bits per heavy atom. The minimum atomic E-state index is 0.739. The maximum atomic E-state index is 4.88. The van der Waals surface area contributed by atoms with E-state index in [2.05, 4.69) is 10.2 Å². The maximum absolute atomic E-state index is 4.88. The van der Waals surface area contributed by atoms with E-state index in [1.165, 1.54) is 17.8 Å². The molecule has 9 heavy (non-hydrogen) atoms. The Kier molecular flexibility index (Phi) is 1.16. The fourth-order valence-electron chi connectivity index (χ4n) is 0.746. The highest BCUT2D eigenvalue weighted by atomic mass is 32.1. The Bertz CT molecular complexity index is 258. The number of aromatic nitrogens is 2. The summed E-state index contributed by atoms with van der Waals surface area (Å²) in [7, 11) is 0. The van der Waals surface area contributed by atoms with Crippen LogP contribution in [0.1, 0.15) is 23.8 Å². The van der Waals surface area contributed by atoms with Crippen LogP contribution in [0.15, 0.2) is 0 Å². The molecule has 0 spiro atoms. The largest absolute Gasteiger partial charge is 0.258 e. The normalized spacial score (nSPS) is 18.2. The number of hydrogen-bond donors (Lipinski definition) is 1. The molecule has 48 valence electrons. The Morgan fingerprint density at radius 2 is 2.44 bits per heavy atom. The van der Waals surface area contributed by atoms with E-state index in [1.807, 2.05) is 0 Å². The maximum Gasteiger partial charge on any atom is 0.176 e. The highest BCUT2D eigenvalue weighted by Crippen LogP contribution is 2.40. The number of hydrogen-bond acceptors (Lipinski definition) is 3. The van der Waals surface area contributed by atoms with Gasteiger partial charge in [0, 0.05) is 5.92 Å². The van der Waals surface area contributed by atoms with Gasteiger partial charge in [-0.2, -0.15) is 5.10 Å². The van der Waals surface area contributed by atoms with E-state index in [1.54, 1.807) is 11.3 Å². The monoisotopic (exact) mass is 158 g/mol. The van der Waals surface area contributed by atoms with Crippen molar-refractivity contribution in [2.24, 2.45) is 0 Å². The average Bonchev–Trinajstić information content (AvgIpc) is 2.58. The van der Waals surface area contributed by atoms with E-state index >= 15 is 0 Å². The lowest BCUT2D eigenvalue weighted by Crippen LogP contribution is -1.74. The van der Waals surface area contributed by atoms with Crippen LogP contribution in [0.4, 0.5) is 0 Å². The van der Waals surface area contributed by atoms with Crippen LogP contribution in [-0.4, -0.2) is 10.2 Å². The van der Waals surface area contributed by atoms with Gasteiger partial charge in [0.1, 0.15) is 5.01 Å². The second kappa shape index (κ2) is 1.88. The second-order valence-electron chi connectivity index (χ2n) is 2.23. The van der Waals surface area contributed by atoms with Crippen molar-refractivity contribution in [1.82, 2.24) is 10.2 Å². The number of aromatic amines is 1. The summed E-state index contributed by atoms with van der Waals surface area (Å²) in [5, 5.41) is 8.03. The Hall–Kier alpha value is -0.220. The van der Waals surface area contributed by atoms with Crippen molar-refractivity contribution in [3.63, 3.8) is 0 Å². The third-order valence-electron chi connectivity index (χ3n) is 1.38. The smallest absolute Gasteiger partial charge is 0.176 e. The molecule has 0 aliphatic heterocycles. The third-order valence-corrected chi connectivity index (χ3v) is 2.63. The van der Waals surface area contributed by atoms with Crippen molar-refractivity contribution in [3.8, 4) is 0 Å². The van der Waals surface area contributed by atoms with E-state index < -0.39 is 0 Å². The first-order valence-electron chi connectivity index (χ1n) is 2.91. The van der Waals surface area contributed by atoms with Gasteiger partial charge in [0.05, 0.1) is 0 Å². The van der Waals surface area contributed by atoms with Crippen LogP contribution >= 0.6 is 23.6 Å². The summed E-state index contributed by atoms with van der Waals surface area (Å²) in [6.07, 6.45) is 2.60. The predicted octanol–water partition coefficient (Wildman–Crippen LogP) is 2.08. The average molecular weight is 158 g/mol. The van der Waals surface area contributed by atoms with Crippen LogP contribution in [0.2, 0.25) is 0 Å². The predicted molar refractivity (Wildman–Crippen MR) is 39.3 cm³/mol. The van der Waals surface area contributed by atoms with Gasteiger partial charge in [0.15, 0.2) is 3.95 Å². The standard InChI is InChI=1S/C5H6N2S2/c8-5-7-6-4(9-5)3-1-2-3/h3H,1-2H2,(H,7,8). The minimum absolute atomic E-state index is 0.739. The molecule has 1 saturated carbocycles. The molecule has 0 aromatic carbocycles. The number of nitrogens with zero attached hydrogens (tertiary/aromatic N) is 1. The SMILES string of the molecule is S=c1[nH]nc(C2CC2)s1. The highest BCUT2D eigenvalue weighted by Gasteiger charge is 2.26. The van der Waals surface area contributed by atoms with Crippen LogP contribution in [0, 0.1) is 3.95 Å². The van der Waals surface area contributed by atoms with Gasteiger partial charge in [-0.3, -0.25) is 5.10 Å². The zero-order valence-electron chi connectivity index (χ0n) is 4.76. The zero-order valence-corrected chi connectivity index (χ0v) is 6.39. The Balaban J connectivity index is 2.38. The van der Waals surface area contributed by atoms with Crippen LogP contribution in [0.25, 0.3) is 0 Å². The molecule has 1 aliphatic carbocycles. The van der Waals surface area contributed by atoms with Crippen molar-refractivity contribution in [1.29, 1.82) is 0 Å². The molecule has 0 bridgehead atoms. The van der Waals surface area contributed by atoms with Gasteiger partial charge in [0.25, 0.3) is 0 Å². The van der Waals surface area contributed by atoms with E-state index in [4.69, 9.17) is 12.2 Å². The molecule has 0 atom stereocenters. The molecule has 0 amide bonds. The summed E-state index contributed by atoms with van der Waals surface area (Å²) in [4.78, 5) is 0. The van der Waals surface area contributed by atoms with E-state index in [0.29, 0.717) is 0 Å². The Morgan fingerprint density at radius 1 is 1.67 bits per heavy atom. The van der Waals surface area contributed by atoms with Gasteiger partial charge in [-0.1, -0.05) is 11.3 Å². The van der Waals surface area contributed by atoms with Gasteiger partial charge < -0.3 is 0 Å². The topological polar surface area (TPSA) is 28.7 Å². The van der Waals surface area contributed by atoms with Gasteiger partial charge in [-0.25, -0.2) is 0 Å². The van der Waals surface area contributed by atoms with Crippen molar-refractivity contribution < 1.29 is 0 Å². The molecular weight excluding hydrogens is 152 g/mol. The summed E-state index contributed by atoms with van der Waals surface area (Å²) in [6, 6.07) is 0. The third kappa shape index (κ3) is 1.04. The zero-order chi connectivity index (χ0) is 6.27. The molecule has 1 heterocycles. The lowest BCUT2D eigenvalue weighted by molar-refractivity contribution is 0.970. The van der Waals surface area contributed by atoms with Gasteiger partial charge in [-0.15, -0.1) is 0 Å². The van der Waals surface area contributed by atoms with E-state index in [0.717, 1.165) is 9.87 Å². The van der Waals surface area contributed by atoms with Gasteiger partial charge >= 0.3 is 0 Å². The number of rotatable bonds is 1. The van der Waals surface area contributed by atoms with E-state index in [9.17, 15) is 0 Å². The summed E-state index contributed by atoms with van der Waals surface area (Å²) in [5.41, 5.74) is 0. The van der Waals surface area contributed by atoms with Crippen LogP contribution < -0.4 is 0 Å². The summed E-state index contributed by atoms with van der Waals surface area (Å²) in [5.74, 6) is 0.739. The molecular formula is C5H6N2S2. The molecule has 0 saturated heterocycles. The quantitative estimate of drug-likeness (QED) is 0.634. The van der Waals surface area contributed by atoms with Crippen LogP contribution in [-0.2, 0) is 0 Å². The van der Waals surface area contributed by atoms with Crippen LogP contribution in [0.5, 0.6) is 0 Å². The second-order valence-corrected chi connectivity index (χ2v) is 3.92. The minimum Gasteiger partial charge on any atom is -0.258 e. The van der Waals surface area contributed by atoms with Gasteiger partial charge in [-0.05, 0) is 25.1 Å². The molecule has 0 unspecified atom stereocenters. The molecule has 1 aliphatic rings. The van der Waals surface area contributed by atoms with Crippen molar-refractivity contribution >= 4 is 23.6 Å². The number of H-pyrrole nitrogens is 1. The first kappa shape index (κ1) is 5.56. The van der Waals surface area contributed by atoms with Gasteiger partial charge in [0.2, 0.25) is 0 Å². The van der Waals surface area contributed by atoms with Crippen molar-refractivity contribution in [2.45, 2.75) is 18.8 Å². The van der Waals surface area contributed by atoms with E-state index in [-0.39, 0.29) is 0 Å². The molecule has 2 rings (SSSR count).